The van der Waals surface area contributed by atoms with Gasteiger partial charge in [0, 0.05) is 38.9 Å². The molecule has 0 aliphatic carbocycles. The molecule has 1 amide bonds. The van der Waals surface area contributed by atoms with Gasteiger partial charge in [-0.25, -0.2) is 0 Å². The smallest absolute Gasteiger partial charge is 0.222 e. The molecule has 0 radical (unpaired) electrons. The van der Waals surface area contributed by atoms with Gasteiger partial charge in [-0.15, -0.1) is 0 Å². The van der Waals surface area contributed by atoms with Crippen molar-refractivity contribution in [3.63, 3.8) is 0 Å². The maximum absolute atomic E-state index is 11.5. The van der Waals surface area contributed by atoms with E-state index in [1.165, 1.54) is 5.39 Å². The minimum Gasteiger partial charge on any atom is -0.399 e. The van der Waals surface area contributed by atoms with Crippen LogP contribution >= 0.6 is 0 Å². The fourth-order valence-electron chi connectivity index (χ4n) is 2.02. The zero-order valence-electron chi connectivity index (χ0n) is 10.9. The number of aryl methyl sites for hydroxylation is 1. The lowest BCUT2D eigenvalue weighted by atomic mass is 10.2. The van der Waals surface area contributed by atoms with Gasteiger partial charge in [-0.3, -0.25) is 4.79 Å². The van der Waals surface area contributed by atoms with E-state index in [0.717, 1.165) is 24.2 Å². The summed E-state index contributed by atoms with van der Waals surface area (Å²) in [5, 5.41) is 1.18. The van der Waals surface area contributed by atoms with Crippen LogP contribution < -0.4 is 5.73 Å². The molecule has 1 aromatic carbocycles. The van der Waals surface area contributed by atoms with Crippen molar-refractivity contribution in [1.29, 1.82) is 0 Å². The number of hydrogen-bond donors (Lipinski definition) is 1. The molecule has 2 rings (SSSR count). The lowest BCUT2D eigenvalue weighted by molar-refractivity contribution is -0.128. The van der Waals surface area contributed by atoms with Crippen molar-refractivity contribution in [2.24, 2.45) is 0 Å². The van der Waals surface area contributed by atoms with Gasteiger partial charge < -0.3 is 15.2 Å². The van der Waals surface area contributed by atoms with Crippen LogP contribution in [0.15, 0.2) is 30.5 Å². The van der Waals surface area contributed by atoms with E-state index in [4.69, 9.17) is 5.73 Å². The van der Waals surface area contributed by atoms with E-state index < -0.39 is 0 Å². The molecule has 18 heavy (non-hydrogen) atoms. The second-order valence-corrected chi connectivity index (χ2v) is 4.72. The molecule has 0 saturated carbocycles. The number of carbonyl (C=O) groups excluding carboxylic acids is 1. The Bertz CT molecular complexity index is 557. The topological polar surface area (TPSA) is 51.3 Å². The summed E-state index contributed by atoms with van der Waals surface area (Å²) < 4.78 is 2.15. The van der Waals surface area contributed by atoms with E-state index in [0.29, 0.717) is 6.42 Å². The molecule has 0 spiro atoms. The number of rotatable bonds is 4. The van der Waals surface area contributed by atoms with Crippen LogP contribution in [0.1, 0.15) is 12.8 Å². The maximum atomic E-state index is 11.5. The van der Waals surface area contributed by atoms with Gasteiger partial charge in [0.15, 0.2) is 0 Å². The van der Waals surface area contributed by atoms with Gasteiger partial charge in [-0.1, -0.05) is 6.07 Å². The molecule has 4 nitrogen and oxygen atoms in total. The van der Waals surface area contributed by atoms with E-state index >= 15 is 0 Å². The molecule has 0 fully saturated rings. The van der Waals surface area contributed by atoms with Crippen molar-refractivity contribution >= 4 is 22.5 Å². The largest absolute Gasteiger partial charge is 0.399 e. The SMILES string of the molecule is CN(C)C(=O)CCCn1ccc2ccc(N)cc21. The van der Waals surface area contributed by atoms with Gasteiger partial charge in [0.1, 0.15) is 0 Å². The zero-order valence-corrected chi connectivity index (χ0v) is 10.9. The first-order valence-corrected chi connectivity index (χ1v) is 6.12. The van der Waals surface area contributed by atoms with Crippen LogP contribution in [0.25, 0.3) is 10.9 Å². The second kappa shape index (κ2) is 5.12. The molecule has 0 atom stereocenters. The Morgan fingerprint density at radius 1 is 1.33 bits per heavy atom. The zero-order chi connectivity index (χ0) is 13.1. The molecule has 0 saturated heterocycles. The minimum absolute atomic E-state index is 0.172. The molecule has 0 aliphatic heterocycles. The Morgan fingerprint density at radius 2 is 2.11 bits per heavy atom. The summed E-state index contributed by atoms with van der Waals surface area (Å²) in [7, 11) is 3.57. The molecule has 0 unspecified atom stereocenters. The number of carbonyl (C=O) groups is 1. The Balaban J connectivity index is 2.04. The first-order valence-electron chi connectivity index (χ1n) is 6.12. The summed E-state index contributed by atoms with van der Waals surface area (Å²) >= 11 is 0. The van der Waals surface area contributed by atoms with Gasteiger partial charge in [0.2, 0.25) is 5.91 Å². The van der Waals surface area contributed by atoms with Gasteiger partial charge in [-0.2, -0.15) is 0 Å². The molecule has 96 valence electrons. The fraction of sp³-hybridized carbons (Fsp3) is 0.357. The fourth-order valence-corrected chi connectivity index (χ4v) is 2.02. The van der Waals surface area contributed by atoms with Crippen molar-refractivity contribution < 1.29 is 4.79 Å². The predicted molar refractivity (Wildman–Crippen MR) is 74.3 cm³/mol. The highest BCUT2D eigenvalue weighted by atomic mass is 16.2. The maximum Gasteiger partial charge on any atom is 0.222 e. The normalized spacial score (nSPS) is 10.8. The molecule has 2 aromatic rings. The molecule has 1 heterocycles. The lowest BCUT2D eigenvalue weighted by Gasteiger charge is -2.10. The highest BCUT2D eigenvalue weighted by Gasteiger charge is 2.05. The average Bonchev–Trinajstić information content (AvgIpc) is 2.71. The number of nitrogen functional groups attached to an aromatic ring is 1. The number of nitrogens with two attached hydrogens (primary N) is 1. The van der Waals surface area contributed by atoms with Gasteiger partial charge in [0.25, 0.3) is 0 Å². The Labute approximate surface area is 107 Å². The van der Waals surface area contributed by atoms with Gasteiger partial charge >= 0.3 is 0 Å². The number of nitrogens with zero attached hydrogens (tertiary/aromatic N) is 2. The van der Waals surface area contributed by atoms with Crippen LogP contribution in [-0.2, 0) is 11.3 Å². The van der Waals surface area contributed by atoms with E-state index in [9.17, 15) is 4.79 Å². The molecular formula is C14H19N3O. The van der Waals surface area contributed by atoms with E-state index in [1.807, 2.05) is 24.4 Å². The highest BCUT2D eigenvalue weighted by Crippen LogP contribution is 2.19. The number of amides is 1. The van der Waals surface area contributed by atoms with Crippen LogP contribution in [0.2, 0.25) is 0 Å². The average molecular weight is 245 g/mol. The van der Waals surface area contributed by atoms with E-state index in [-0.39, 0.29) is 5.91 Å². The second-order valence-electron chi connectivity index (χ2n) is 4.72. The van der Waals surface area contributed by atoms with Crippen LogP contribution in [0.4, 0.5) is 5.69 Å². The lowest BCUT2D eigenvalue weighted by Crippen LogP contribution is -2.21. The Morgan fingerprint density at radius 3 is 2.83 bits per heavy atom. The van der Waals surface area contributed by atoms with Gasteiger partial charge in [-0.05, 0) is 30.0 Å². The minimum atomic E-state index is 0.172. The number of fused-ring (bicyclic) bond motifs is 1. The number of anilines is 1. The summed E-state index contributed by atoms with van der Waals surface area (Å²) in [5.41, 5.74) is 7.70. The van der Waals surface area contributed by atoms with Crippen LogP contribution in [0, 0.1) is 0 Å². The Hall–Kier alpha value is -1.97. The van der Waals surface area contributed by atoms with Crippen molar-refractivity contribution in [2.75, 3.05) is 19.8 Å². The van der Waals surface area contributed by atoms with E-state index in [2.05, 4.69) is 10.6 Å². The standard InChI is InChI=1S/C14H19N3O/c1-16(2)14(18)4-3-8-17-9-7-11-5-6-12(15)10-13(11)17/h5-7,9-10H,3-4,8,15H2,1-2H3. The number of benzene rings is 1. The summed E-state index contributed by atoms with van der Waals surface area (Å²) in [6.07, 6.45) is 3.47. The summed E-state index contributed by atoms with van der Waals surface area (Å²) in [6.45, 7) is 0.840. The van der Waals surface area contributed by atoms with Crippen LogP contribution in [-0.4, -0.2) is 29.5 Å². The highest BCUT2D eigenvalue weighted by molar-refractivity contribution is 5.83. The molecule has 4 heteroatoms. The Kier molecular flexibility index (Phi) is 3.55. The summed E-state index contributed by atoms with van der Waals surface area (Å²) in [5.74, 6) is 0.172. The summed E-state index contributed by atoms with van der Waals surface area (Å²) in [4.78, 5) is 13.1. The van der Waals surface area contributed by atoms with Crippen molar-refractivity contribution in [3.05, 3.63) is 30.5 Å². The van der Waals surface area contributed by atoms with Gasteiger partial charge in [0.05, 0.1) is 5.52 Å². The third-order valence-corrected chi connectivity index (χ3v) is 3.09. The van der Waals surface area contributed by atoms with Crippen LogP contribution in [0.3, 0.4) is 0 Å². The molecule has 0 aliphatic rings. The molecular weight excluding hydrogens is 226 g/mol. The third kappa shape index (κ3) is 2.64. The van der Waals surface area contributed by atoms with E-state index in [1.54, 1.807) is 19.0 Å². The number of hydrogen-bond acceptors (Lipinski definition) is 2. The van der Waals surface area contributed by atoms with Crippen molar-refractivity contribution in [2.45, 2.75) is 19.4 Å². The van der Waals surface area contributed by atoms with Crippen molar-refractivity contribution in [1.82, 2.24) is 9.47 Å². The van der Waals surface area contributed by atoms with Crippen LogP contribution in [0.5, 0.6) is 0 Å². The molecule has 1 aromatic heterocycles. The first kappa shape index (κ1) is 12.5. The summed E-state index contributed by atoms with van der Waals surface area (Å²) in [6, 6.07) is 7.97. The quantitative estimate of drug-likeness (QED) is 0.839. The molecule has 0 bridgehead atoms. The number of aromatic nitrogens is 1. The monoisotopic (exact) mass is 245 g/mol. The predicted octanol–water partition coefficient (Wildman–Crippen LogP) is 2.09. The first-order chi connectivity index (χ1) is 8.58. The van der Waals surface area contributed by atoms with Crippen molar-refractivity contribution in [3.8, 4) is 0 Å². The molecule has 2 N–H and O–H groups in total. The third-order valence-electron chi connectivity index (χ3n) is 3.09.